The van der Waals surface area contributed by atoms with E-state index in [4.69, 9.17) is 5.26 Å². The number of benzene rings is 1. The molecule has 1 heterocycles. The van der Waals surface area contributed by atoms with Crippen LogP contribution in [-0.2, 0) is 6.54 Å². The van der Waals surface area contributed by atoms with Gasteiger partial charge in [0.15, 0.2) is 0 Å². The van der Waals surface area contributed by atoms with Crippen LogP contribution in [0.5, 0.6) is 0 Å². The summed E-state index contributed by atoms with van der Waals surface area (Å²) in [6.07, 6.45) is 0. The van der Waals surface area contributed by atoms with Gasteiger partial charge in [0.2, 0.25) is 0 Å². The van der Waals surface area contributed by atoms with Crippen molar-refractivity contribution in [2.45, 2.75) is 20.4 Å². The molecule has 2 aromatic rings. The number of nitriles is 1. The van der Waals surface area contributed by atoms with E-state index in [1.165, 1.54) is 4.88 Å². The number of hydrogen-bond acceptors (Lipinski definition) is 4. The molecule has 1 N–H and O–H groups in total. The molecule has 0 amide bonds. The van der Waals surface area contributed by atoms with Gasteiger partial charge < -0.3 is 5.32 Å². The van der Waals surface area contributed by atoms with Crippen molar-refractivity contribution < 1.29 is 0 Å². The van der Waals surface area contributed by atoms with Crippen LogP contribution in [0.1, 0.15) is 21.7 Å². The van der Waals surface area contributed by atoms with Crippen molar-refractivity contribution in [2.75, 3.05) is 5.32 Å². The number of thiazole rings is 1. The second kappa shape index (κ2) is 4.98. The Morgan fingerprint density at radius 1 is 1.41 bits per heavy atom. The first-order valence-electron chi connectivity index (χ1n) is 5.34. The van der Waals surface area contributed by atoms with Crippen LogP contribution in [0.3, 0.4) is 0 Å². The predicted molar refractivity (Wildman–Crippen MR) is 70.1 cm³/mol. The van der Waals surface area contributed by atoms with Gasteiger partial charge in [-0.05, 0) is 31.5 Å². The molecule has 0 aliphatic heterocycles. The Bertz CT molecular complexity index is 566. The second-order valence-corrected chi connectivity index (χ2v) is 4.80. The van der Waals surface area contributed by atoms with Gasteiger partial charge in [0.1, 0.15) is 0 Å². The summed E-state index contributed by atoms with van der Waals surface area (Å²) in [5, 5.41) is 12.2. The van der Waals surface area contributed by atoms with Gasteiger partial charge in [-0.1, -0.05) is 6.07 Å². The average molecular weight is 243 g/mol. The number of aromatic nitrogens is 1. The molecule has 1 aromatic carbocycles. The molecule has 1 aromatic heterocycles. The Hall–Kier alpha value is -1.86. The largest absolute Gasteiger partial charge is 0.380 e. The van der Waals surface area contributed by atoms with Gasteiger partial charge in [0, 0.05) is 10.6 Å². The zero-order chi connectivity index (χ0) is 12.3. The normalized spacial score (nSPS) is 9.94. The fourth-order valence-electron chi connectivity index (χ4n) is 1.55. The Morgan fingerprint density at radius 2 is 2.24 bits per heavy atom. The monoisotopic (exact) mass is 243 g/mol. The molecule has 0 fully saturated rings. The highest BCUT2D eigenvalue weighted by atomic mass is 32.1. The fraction of sp³-hybridized carbons (Fsp3) is 0.231. The molecule has 4 heteroatoms. The van der Waals surface area contributed by atoms with Crippen LogP contribution in [-0.4, -0.2) is 4.98 Å². The molecule has 86 valence electrons. The highest BCUT2D eigenvalue weighted by Gasteiger charge is 2.03. The van der Waals surface area contributed by atoms with E-state index in [0.717, 1.165) is 23.5 Å². The maximum atomic E-state index is 8.86. The number of nitrogens with one attached hydrogen (secondary N) is 1. The second-order valence-electron chi connectivity index (χ2n) is 3.86. The van der Waals surface area contributed by atoms with Crippen molar-refractivity contribution in [1.29, 1.82) is 5.26 Å². The maximum absolute atomic E-state index is 8.86. The van der Waals surface area contributed by atoms with E-state index in [0.29, 0.717) is 5.56 Å². The molecule has 0 atom stereocenters. The SMILES string of the molecule is Cc1ccc(C#N)cc1NCc1scnc1C. The van der Waals surface area contributed by atoms with Gasteiger partial charge in [-0.3, -0.25) is 0 Å². The van der Waals surface area contributed by atoms with Crippen LogP contribution in [0.2, 0.25) is 0 Å². The lowest BCUT2D eigenvalue weighted by Crippen LogP contribution is -2.01. The molecule has 17 heavy (non-hydrogen) atoms. The van der Waals surface area contributed by atoms with Crippen LogP contribution in [0.25, 0.3) is 0 Å². The Morgan fingerprint density at radius 3 is 2.88 bits per heavy atom. The molecular weight excluding hydrogens is 230 g/mol. The first-order valence-corrected chi connectivity index (χ1v) is 6.22. The Labute approximate surface area is 105 Å². The minimum absolute atomic E-state index is 0.680. The highest BCUT2D eigenvalue weighted by molar-refractivity contribution is 7.09. The molecule has 0 spiro atoms. The lowest BCUT2D eigenvalue weighted by molar-refractivity contribution is 1.11. The van der Waals surface area contributed by atoms with Crippen molar-refractivity contribution in [1.82, 2.24) is 4.98 Å². The summed E-state index contributed by atoms with van der Waals surface area (Å²) in [4.78, 5) is 5.44. The third-order valence-corrected chi connectivity index (χ3v) is 3.59. The molecule has 0 radical (unpaired) electrons. The number of rotatable bonds is 3. The zero-order valence-electron chi connectivity index (χ0n) is 9.82. The summed E-state index contributed by atoms with van der Waals surface area (Å²) in [6, 6.07) is 7.82. The average Bonchev–Trinajstić information content (AvgIpc) is 2.74. The summed E-state index contributed by atoms with van der Waals surface area (Å²) in [5.74, 6) is 0. The maximum Gasteiger partial charge on any atom is 0.0992 e. The molecule has 0 aliphatic rings. The molecule has 0 unspecified atom stereocenters. The molecule has 0 saturated carbocycles. The fourth-order valence-corrected chi connectivity index (χ4v) is 2.27. The molecule has 3 nitrogen and oxygen atoms in total. The van der Waals surface area contributed by atoms with E-state index in [-0.39, 0.29) is 0 Å². The summed E-state index contributed by atoms with van der Waals surface area (Å²) in [7, 11) is 0. The van der Waals surface area contributed by atoms with E-state index in [1.54, 1.807) is 11.3 Å². The summed E-state index contributed by atoms with van der Waals surface area (Å²) in [6.45, 7) is 4.79. The molecular formula is C13H13N3S. The van der Waals surface area contributed by atoms with Crippen molar-refractivity contribution in [3.8, 4) is 6.07 Å². The van der Waals surface area contributed by atoms with Gasteiger partial charge in [0.25, 0.3) is 0 Å². The van der Waals surface area contributed by atoms with E-state index in [9.17, 15) is 0 Å². The Kier molecular flexibility index (Phi) is 3.40. The van der Waals surface area contributed by atoms with E-state index in [2.05, 4.69) is 16.4 Å². The number of aryl methyl sites for hydroxylation is 2. The van der Waals surface area contributed by atoms with Gasteiger partial charge in [-0.15, -0.1) is 11.3 Å². The van der Waals surface area contributed by atoms with E-state index >= 15 is 0 Å². The third-order valence-electron chi connectivity index (χ3n) is 2.65. The van der Waals surface area contributed by atoms with Crippen molar-refractivity contribution in [2.24, 2.45) is 0 Å². The first kappa shape index (κ1) is 11.6. The van der Waals surface area contributed by atoms with Gasteiger partial charge in [0.05, 0.1) is 29.4 Å². The lowest BCUT2D eigenvalue weighted by atomic mass is 10.1. The van der Waals surface area contributed by atoms with Crippen LogP contribution in [0, 0.1) is 25.2 Å². The first-order chi connectivity index (χ1) is 8.20. The van der Waals surface area contributed by atoms with Crippen molar-refractivity contribution in [3.63, 3.8) is 0 Å². The van der Waals surface area contributed by atoms with E-state index < -0.39 is 0 Å². The van der Waals surface area contributed by atoms with Crippen LogP contribution in [0.15, 0.2) is 23.7 Å². The minimum atomic E-state index is 0.680. The van der Waals surface area contributed by atoms with Crippen molar-refractivity contribution >= 4 is 17.0 Å². The zero-order valence-corrected chi connectivity index (χ0v) is 10.6. The topological polar surface area (TPSA) is 48.7 Å². The summed E-state index contributed by atoms with van der Waals surface area (Å²) in [5.41, 5.74) is 5.75. The summed E-state index contributed by atoms with van der Waals surface area (Å²) < 4.78 is 0. The van der Waals surface area contributed by atoms with Crippen LogP contribution in [0.4, 0.5) is 5.69 Å². The quantitative estimate of drug-likeness (QED) is 0.900. The standard InChI is InChI=1S/C13H13N3S/c1-9-3-4-11(6-14)5-12(9)15-7-13-10(2)16-8-17-13/h3-5,8,15H,7H2,1-2H3. The van der Waals surface area contributed by atoms with Crippen LogP contribution >= 0.6 is 11.3 Å². The molecule has 0 saturated heterocycles. The minimum Gasteiger partial charge on any atom is -0.380 e. The van der Waals surface area contributed by atoms with Gasteiger partial charge in [-0.2, -0.15) is 5.26 Å². The van der Waals surface area contributed by atoms with Crippen molar-refractivity contribution in [3.05, 3.63) is 45.4 Å². The third kappa shape index (κ3) is 2.63. The van der Waals surface area contributed by atoms with Crippen LogP contribution < -0.4 is 5.32 Å². The van der Waals surface area contributed by atoms with Gasteiger partial charge in [-0.25, -0.2) is 4.98 Å². The smallest absolute Gasteiger partial charge is 0.0992 e. The van der Waals surface area contributed by atoms with Gasteiger partial charge >= 0.3 is 0 Å². The highest BCUT2D eigenvalue weighted by Crippen LogP contribution is 2.19. The number of anilines is 1. The lowest BCUT2D eigenvalue weighted by Gasteiger charge is -2.09. The molecule has 2 rings (SSSR count). The number of hydrogen-bond donors (Lipinski definition) is 1. The molecule has 0 aliphatic carbocycles. The number of nitrogens with zero attached hydrogens (tertiary/aromatic N) is 2. The summed E-state index contributed by atoms with van der Waals surface area (Å²) >= 11 is 1.65. The van der Waals surface area contributed by atoms with E-state index in [1.807, 2.05) is 37.6 Å². The Balaban J connectivity index is 2.14. The molecule has 0 bridgehead atoms. The predicted octanol–water partition coefficient (Wildman–Crippen LogP) is 3.24.